The Morgan fingerprint density at radius 3 is 2.75 bits per heavy atom. The summed E-state index contributed by atoms with van der Waals surface area (Å²) in [4.78, 5) is 21.9. The van der Waals surface area contributed by atoms with Gasteiger partial charge in [-0.3, -0.25) is 4.79 Å². The van der Waals surface area contributed by atoms with Crippen LogP contribution in [0.1, 0.15) is 50.4 Å². The Morgan fingerprint density at radius 1 is 1.14 bits per heavy atom. The third-order valence-electron chi connectivity index (χ3n) is 6.40. The molecule has 3 heterocycles. The van der Waals surface area contributed by atoms with Gasteiger partial charge in [-0.15, -0.1) is 11.3 Å². The molecule has 1 saturated heterocycles. The third kappa shape index (κ3) is 2.95. The summed E-state index contributed by atoms with van der Waals surface area (Å²) in [6, 6.07) is 14.5. The van der Waals surface area contributed by atoms with E-state index in [9.17, 15) is 4.79 Å². The number of aromatic nitrogens is 1. The van der Waals surface area contributed by atoms with Gasteiger partial charge in [-0.25, -0.2) is 4.98 Å². The quantitative estimate of drug-likeness (QED) is 0.537. The number of para-hydroxylation sites is 1. The van der Waals surface area contributed by atoms with Gasteiger partial charge in [-0.1, -0.05) is 45.0 Å². The lowest BCUT2D eigenvalue weighted by molar-refractivity contribution is 0.0710. The summed E-state index contributed by atoms with van der Waals surface area (Å²) in [6.45, 7) is 7.92. The van der Waals surface area contributed by atoms with Crippen molar-refractivity contribution < 1.29 is 4.79 Å². The van der Waals surface area contributed by atoms with Gasteiger partial charge in [0.1, 0.15) is 0 Å². The van der Waals surface area contributed by atoms with Crippen LogP contribution in [-0.2, 0) is 0 Å². The second-order valence-electron chi connectivity index (χ2n) is 9.70. The van der Waals surface area contributed by atoms with Crippen molar-refractivity contribution in [2.45, 2.75) is 46.1 Å². The van der Waals surface area contributed by atoms with Gasteiger partial charge < -0.3 is 4.90 Å². The van der Waals surface area contributed by atoms with Crippen LogP contribution in [0.5, 0.6) is 0 Å². The number of fused-ring (bicyclic) bond motifs is 3. The maximum absolute atomic E-state index is 13.8. The maximum atomic E-state index is 13.8. The van der Waals surface area contributed by atoms with E-state index in [1.165, 1.54) is 6.42 Å². The van der Waals surface area contributed by atoms with Crippen LogP contribution in [0.2, 0.25) is 0 Å². The van der Waals surface area contributed by atoms with Crippen LogP contribution in [-0.4, -0.2) is 28.4 Å². The van der Waals surface area contributed by atoms with Crippen LogP contribution in [0, 0.1) is 10.8 Å². The van der Waals surface area contributed by atoms with E-state index < -0.39 is 0 Å². The first-order valence-electron chi connectivity index (χ1n) is 10.1. The molecule has 2 unspecified atom stereocenters. The minimum Gasteiger partial charge on any atom is -0.335 e. The molecule has 0 N–H and O–H groups in total. The Bertz CT molecular complexity index is 1060. The lowest BCUT2D eigenvalue weighted by atomic mass is 9.65. The van der Waals surface area contributed by atoms with Gasteiger partial charge in [0.05, 0.1) is 21.7 Å². The average molecular weight is 391 g/mol. The molecule has 1 aliphatic carbocycles. The van der Waals surface area contributed by atoms with Crippen molar-refractivity contribution in [2.75, 3.05) is 6.54 Å². The molecule has 2 aromatic heterocycles. The molecule has 2 aliphatic rings. The highest BCUT2D eigenvalue weighted by Crippen LogP contribution is 2.52. The Balaban J connectivity index is 1.60. The molecule has 3 aromatic rings. The molecule has 5 rings (SSSR count). The smallest absolute Gasteiger partial charge is 0.254 e. The first kappa shape index (κ1) is 17.9. The number of carbonyl (C=O) groups is 1. The highest BCUT2D eigenvalue weighted by atomic mass is 32.1. The van der Waals surface area contributed by atoms with Crippen molar-refractivity contribution in [1.29, 1.82) is 0 Å². The standard InChI is InChI=1S/C24H26N2OS/c1-23(2)12-16-13-24(3,14-23)15-26(16)22(27)18-11-20(21-9-6-10-28-21)25-19-8-5-4-7-17(18)19/h4-11,16H,12-15H2,1-3H3. The first-order chi connectivity index (χ1) is 13.3. The fraction of sp³-hybridized carbons (Fsp3) is 0.417. The molecular weight excluding hydrogens is 364 g/mol. The zero-order valence-electron chi connectivity index (χ0n) is 16.7. The van der Waals surface area contributed by atoms with E-state index in [0.29, 0.717) is 11.5 Å². The Hall–Kier alpha value is -2.20. The second kappa shape index (κ2) is 6.15. The number of likely N-dealkylation sites (tertiary alicyclic amines) is 1. The Morgan fingerprint density at radius 2 is 1.96 bits per heavy atom. The first-order valence-corrected chi connectivity index (χ1v) is 11.0. The normalized spacial score (nSPS) is 26.0. The maximum Gasteiger partial charge on any atom is 0.254 e. The zero-order valence-corrected chi connectivity index (χ0v) is 17.6. The lowest BCUT2D eigenvalue weighted by Crippen LogP contribution is -2.37. The Kier molecular flexibility index (Phi) is 3.92. The van der Waals surface area contributed by atoms with Gasteiger partial charge in [-0.05, 0) is 53.7 Å². The number of hydrogen-bond donors (Lipinski definition) is 0. The minimum atomic E-state index is 0.169. The molecule has 0 spiro atoms. The van der Waals surface area contributed by atoms with Crippen LogP contribution in [0.15, 0.2) is 47.8 Å². The highest BCUT2D eigenvalue weighted by molar-refractivity contribution is 7.13. The van der Waals surface area contributed by atoms with Gasteiger partial charge in [-0.2, -0.15) is 0 Å². The van der Waals surface area contributed by atoms with Gasteiger partial charge >= 0.3 is 0 Å². The monoisotopic (exact) mass is 390 g/mol. The van der Waals surface area contributed by atoms with Crippen LogP contribution in [0.25, 0.3) is 21.5 Å². The fourth-order valence-corrected chi connectivity index (χ4v) is 6.44. The van der Waals surface area contributed by atoms with E-state index in [1.807, 2.05) is 36.4 Å². The summed E-state index contributed by atoms with van der Waals surface area (Å²) in [7, 11) is 0. The molecule has 1 aliphatic heterocycles. The molecule has 4 heteroatoms. The number of carbonyl (C=O) groups excluding carboxylic acids is 1. The van der Waals surface area contributed by atoms with Crippen LogP contribution in [0.4, 0.5) is 0 Å². The van der Waals surface area contributed by atoms with Gasteiger partial charge in [0.2, 0.25) is 0 Å². The molecule has 3 nitrogen and oxygen atoms in total. The number of benzene rings is 1. The summed E-state index contributed by atoms with van der Waals surface area (Å²) >= 11 is 1.66. The molecule has 28 heavy (non-hydrogen) atoms. The summed E-state index contributed by atoms with van der Waals surface area (Å²) < 4.78 is 0. The number of rotatable bonds is 2. The molecule has 1 amide bonds. The number of amides is 1. The van der Waals surface area contributed by atoms with E-state index in [4.69, 9.17) is 4.98 Å². The molecule has 2 atom stereocenters. The molecule has 2 fully saturated rings. The molecule has 1 aromatic carbocycles. The van der Waals surface area contributed by atoms with Crippen LogP contribution >= 0.6 is 11.3 Å². The summed E-state index contributed by atoms with van der Waals surface area (Å²) in [5.41, 5.74) is 3.12. The Labute approximate surface area is 170 Å². The molecule has 1 saturated carbocycles. The predicted octanol–water partition coefficient (Wildman–Crippen LogP) is 6.00. The molecule has 2 bridgehead atoms. The second-order valence-corrected chi connectivity index (χ2v) is 10.6. The van der Waals surface area contributed by atoms with E-state index in [-0.39, 0.29) is 11.3 Å². The largest absolute Gasteiger partial charge is 0.335 e. The third-order valence-corrected chi connectivity index (χ3v) is 7.29. The number of hydrogen-bond acceptors (Lipinski definition) is 3. The van der Waals surface area contributed by atoms with E-state index in [1.54, 1.807) is 11.3 Å². The average Bonchev–Trinajstić information content (AvgIpc) is 3.25. The van der Waals surface area contributed by atoms with Gasteiger partial charge in [0.25, 0.3) is 5.91 Å². The van der Waals surface area contributed by atoms with Crippen molar-refractivity contribution in [3.63, 3.8) is 0 Å². The summed E-state index contributed by atoms with van der Waals surface area (Å²) in [5, 5.41) is 3.01. The van der Waals surface area contributed by atoms with Crippen molar-refractivity contribution in [3.05, 3.63) is 53.4 Å². The van der Waals surface area contributed by atoms with E-state index in [2.05, 4.69) is 37.1 Å². The lowest BCUT2D eigenvalue weighted by Gasteiger charge is -2.39. The molecule has 144 valence electrons. The summed E-state index contributed by atoms with van der Waals surface area (Å²) in [5.74, 6) is 0.169. The molecular formula is C24H26N2OS. The van der Waals surface area contributed by atoms with Crippen molar-refractivity contribution >= 4 is 28.1 Å². The molecule has 0 radical (unpaired) electrons. The van der Waals surface area contributed by atoms with Crippen molar-refractivity contribution in [3.8, 4) is 10.6 Å². The minimum absolute atomic E-state index is 0.169. The number of nitrogens with zero attached hydrogens (tertiary/aromatic N) is 2. The van der Waals surface area contributed by atoms with Crippen LogP contribution < -0.4 is 0 Å². The SMILES string of the molecule is CC1(C)CC2CC(C)(CN2C(=O)c2cc(-c3cccs3)nc3ccccc23)C1. The van der Waals surface area contributed by atoms with Crippen LogP contribution in [0.3, 0.4) is 0 Å². The topological polar surface area (TPSA) is 33.2 Å². The van der Waals surface area contributed by atoms with E-state index >= 15 is 0 Å². The summed E-state index contributed by atoms with van der Waals surface area (Å²) in [6.07, 6.45) is 3.41. The zero-order chi connectivity index (χ0) is 19.5. The number of pyridine rings is 1. The fourth-order valence-electron chi connectivity index (χ4n) is 5.75. The van der Waals surface area contributed by atoms with Gasteiger partial charge in [0.15, 0.2) is 0 Å². The number of thiophene rings is 1. The van der Waals surface area contributed by atoms with Gasteiger partial charge in [0, 0.05) is 18.0 Å². The van der Waals surface area contributed by atoms with Crippen molar-refractivity contribution in [2.24, 2.45) is 10.8 Å². The highest BCUT2D eigenvalue weighted by Gasteiger charge is 2.51. The van der Waals surface area contributed by atoms with Crippen molar-refractivity contribution in [1.82, 2.24) is 9.88 Å². The predicted molar refractivity (Wildman–Crippen MR) is 116 cm³/mol. The van der Waals surface area contributed by atoms with E-state index in [0.717, 1.165) is 46.4 Å².